The van der Waals surface area contributed by atoms with Crippen LogP contribution in [0.5, 0.6) is 0 Å². The van der Waals surface area contributed by atoms with Gasteiger partial charge in [-0.1, -0.05) is 29.3 Å². The highest BCUT2D eigenvalue weighted by Gasteiger charge is 2.32. The van der Waals surface area contributed by atoms with Gasteiger partial charge >= 0.3 is 0 Å². The number of hydrogen-bond donors (Lipinski definition) is 2. The number of nitrogens with one attached hydrogen (secondary N) is 1. The molecule has 1 fully saturated rings. The zero-order valence-electron chi connectivity index (χ0n) is 10.9. The fraction of sp³-hybridized carbons (Fsp3) is 0.571. The zero-order chi connectivity index (χ0) is 12.4. The van der Waals surface area contributed by atoms with E-state index in [-0.39, 0.29) is 12.1 Å². The summed E-state index contributed by atoms with van der Waals surface area (Å²) in [7, 11) is 0. The summed E-state index contributed by atoms with van der Waals surface area (Å²) in [6, 6.07) is 6.79. The quantitative estimate of drug-likeness (QED) is 0.623. The molecule has 0 bridgehead atoms. The minimum absolute atomic E-state index is 0.186. The summed E-state index contributed by atoms with van der Waals surface area (Å²) in [5, 5.41) is 0. The van der Waals surface area contributed by atoms with E-state index < -0.39 is 0 Å². The van der Waals surface area contributed by atoms with E-state index in [9.17, 15) is 0 Å². The van der Waals surface area contributed by atoms with Crippen LogP contribution in [0.2, 0.25) is 0 Å². The van der Waals surface area contributed by atoms with E-state index in [0.29, 0.717) is 5.92 Å². The van der Waals surface area contributed by atoms with Crippen molar-refractivity contribution in [2.45, 2.75) is 39.3 Å². The van der Waals surface area contributed by atoms with Gasteiger partial charge in [0.15, 0.2) is 0 Å². The van der Waals surface area contributed by atoms with Gasteiger partial charge < -0.3 is 4.74 Å². The zero-order valence-corrected chi connectivity index (χ0v) is 10.9. The largest absolute Gasteiger partial charge is 0.378 e. The van der Waals surface area contributed by atoms with Crippen LogP contribution in [-0.4, -0.2) is 12.7 Å². The highest BCUT2D eigenvalue weighted by molar-refractivity contribution is 5.31. The summed E-state index contributed by atoms with van der Waals surface area (Å²) >= 11 is 0. The number of benzene rings is 1. The van der Waals surface area contributed by atoms with Crippen molar-refractivity contribution in [1.29, 1.82) is 0 Å². The van der Waals surface area contributed by atoms with Gasteiger partial charge in [0, 0.05) is 12.5 Å². The van der Waals surface area contributed by atoms with Crippen molar-refractivity contribution in [2.24, 2.45) is 11.8 Å². The summed E-state index contributed by atoms with van der Waals surface area (Å²) in [6.07, 6.45) is 1.35. The molecular formula is C14H22N2O. The van der Waals surface area contributed by atoms with Crippen molar-refractivity contribution >= 4 is 0 Å². The van der Waals surface area contributed by atoms with Gasteiger partial charge in [-0.2, -0.15) is 0 Å². The number of hydrogen-bond acceptors (Lipinski definition) is 3. The molecule has 1 aromatic rings. The van der Waals surface area contributed by atoms with E-state index in [1.54, 1.807) is 0 Å². The van der Waals surface area contributed by atoms with Crippen LogP contribution in [0.1, 0.15) is 36.1 Å². The second-order valence-corrected chi connectivity index (χ2v) is 5.09. The van der Waals surface area contributed by atoms with Crippen LogP contribution in [-0.2, 0) is 4.74 Å². The van der Waals surface area contributed by atoms with Crippen LogP contribution < -0.4 is 11.3 Å². The fourth-order valence-electron chi connectivity index (χ4n) is 2.84. The predicted molar refractivity (Wildman–Crippen MR) is 69.5 cm³/mol. The Bertz CT molecular complexity index is 372. The van der Waals surface area contributed by atoms with Gasteiger partial charge in [0.2, 0.25) is 0 Å². The van der Waals surface area contributed by atoms with Gasteiger partial charge in [-0.05, 0) is 32.8 Å². The molecule has 1 saturated heterocycles. The second-order valence-electron chi connectivity index (χ2n) is 5.09. The fourth-order valence-corrected chi connectivity index (χ4v) is 2.84. The summed E-state index contributed by atoms with van der Waals surface area (Å²) in [5.41, 5.74) is 6.80. The van der Waals surface area contributed by atoms with Crippen LogP contribution in [0.4, 0.5) is 0 Å². The lowest BCUT2D eigenvalue weighted by Crippen LogP contribution is -2.36. The maximum absolute atomic E-state index is 5.74. The molecule has 0 spiro atoms. The minimum atomic E-state index is 0.186. The van der Waals surface area contributed by atoms with E-state index in [2.05, 4.69) is 44.4 Å². The molecule has 1 aliphatic heterocycles. The Balaban J connectivity index is 2.28. The van der Waals surface area contributed by atoms with Crippen molar-refractivity contribution in [1.82, 2.24) is 5.43 Å². The molecule has 0 saturated carbocycles. The molecule has 3 unspecified atom stereocenters. The topological polar surface area (TPSA) is 47.3 Å². The van der Waals surface area contributed by atoms with Gasteiger partial charge in [-0.15, -0.1) is 0 Å². The SMILES string of the molecule is Cc1cc(C)cc(C(NN)C2CCOC2C)c1. The predicted octanol–water partition coefficient (Wildman–Crippen LogP) is 2.23. The van der Waals surface area contributed by atoms with Gasteiger partial charge in [-0.3, -0.25) is 11.3 Å². The van der Waals surface area contributed by atoms with E-state index in [1.807, 2.05) is 0 Å². The Hall–Kier alpha value is -0.900. The maximum Gasteiger partial charge on any atom is 0.0594 e. The van der Waals surface area contributed by atoms with Crippen LogP contribution in [0.15, 0.2) is 18.2 Å². The molecule has 17 heavy (non-hydrogen) atoms. The van der Waals surface area contributed by atoms with E-state index in [1.165, 1.54) is 16.7 Å². The van der Waals surface area contributed by atoms with Crippen LogP contribution in [0.3, 0.4) is 0 Å². The minimum Gasteiger partial charge on any atom is -0.378 e. The lowest BCUT2D eigenvalue weighted by atomic mass is 9.87. The Kier molecular flexibility index (Phi) is 3.82. The average Bonchev–Trinajstić information content (AvgIpc) is 2.65. The number of aryl methyl sites for hydroxylation is 2. The van der Waals surface area contributed by atoms with Crippen molar-refractivity contribution in [3.8, 4) is 0 Å². The molecule has 1 aromatic carbocycles. The normalized spacial score (nSPS) is 26.1. The Labute approximate surface area is 103 Å². The molecule has 2 rings (SSSR count). The first-order valence-electron chi connectivity index (χ1n) is 6.27. The first-order valence-corrected chi connectivity index (χ1v) is 6.27. The van der Waals surface area contributed by atoms with Crippen molar-refractivity contribution in [2.75, 3.05) is 6.61 Å². The van der Waals surface area contributed by atoms with Crippen molar-refractivity contribution in [3.05, 3.63) is 34.9 Å². The molecule has 3 heteroatoms. The molecule has 0 amide bonds. The Morgan fingerprint density at radius 3 is 2.41 bits per heavy atom. The summed E-state index contributed by atoms with van der Waals surface area (Å²) in [5.74, 6) is 6.20. The maximum atomic E-state index is 5.74. The van der Waals surface area contributed by atoms with Gasteiger partial charge in [0.05, 0.1) is 12.1 Å². The van der Waals surface area contributed by atoms with Crippen LogP contribution in [0, 0.1) is 19.8 Å². The molecule has 0 radical (unpaired) electrons. The monoisotopic (exact) mass is 234 g/mol. The molecule has 3 N–H and O–H groups in total. The number of rotatable bonds is 3. The van der Waals surface area contributed by atoms with E-state index in [4.69, 9.17) is 10.6 Å². The molecule has 1 aliphatic rings. The van der Waals surface area contributed by atoms with Gasteiger partial charge in [0.25, 0.3) is 0 Å². The third-order valence-corrected chi connectivity index (χ3v) is 3.65. The van der Waals surface area contributed by atoms with Crippen LogP contribution >= 0.6 is 0 Å². The summed E-state index contributed by atoms with van der Waals surface area (Å²) in [4.78, 5) is 0. The highest BCUT2D eigenvalue weighted by atomic mass is 16.5. The van der Waals surface area contributed by atoms with Gasteiger partial charge in [-0.25, -0.2) is 0 Å². The molecule has 94 valence electrons. The summed E-state index contributed by atoms with van der Waals surface area (Å²) < 4.78 is 5.63. The molecule has 1 heterocycles. The molecule has 3 atom stereocenters. The Morgan fingerprint density at radius 2 is 1.94 bits per heavy atom. The first-order chi connectivity index (χ1) is 8.11. The lowest BCUT2D eigenvalue weighted by molar-refractivity contribution is 0.0954. The molecule has 0 aromatic heterocycles. The smallest absolute Gasteiger partial charge is 0.0594 e. The standard InChI is InChI=1S/C14H22N2O/c1-9-6-10(2)8-12(7-9)14(16-15)13-4-5-17-11(13)3/h6-8,11,13-14,16H,4-5,15H2,1-3H3. The number of ether oxygens (including phenoxy) is 1. The third-order valence-electron chi connectivity index (χ3n) is 3.65. The summed E-state index contributed by atoms with van der Waals surface area (Å²) in [6.45, 7) is 7.22. The first kappa shape index (κ1) is 12.6. The van der Waals surface area contributed by atoms with Crippen LogP contribution in [0.25, 0.3) is 0 Å². The molecule has 3 nitrogen and oxygen atoms in total. The highest BCUT2D eigenvalue weighted by Crippen LogP contribution is 2.33. The third kappa shape index (κ3) is 2.68. The number of hydrazine groups is 1. The molecule has 0 aliphatic carbocycles. The van der Waals surface area contributed by atoms with Gasteiger partial charge in [0.1, 0.15) is 0 Å². The number of nitrogens with two attached hydrogens (primary N) is 1. The average molecular weight is 234 g/mol. The van der Waals surface area contributed by atoms with Crippen molar-refractivity contribution < 1.29 is 4.74 Å². The second kappa shape index (κ2) is 5.17. The Morgan fingerprint density at radius 1 is 1.29 bits per heavy atom. The van der Waals surface area contributed by atoms with E-state index >= 15 is 0 Å². The lowest BCUT2D eigenvalue weighted by Gasteiger charge is -2.26. The van der Waals surface area contributed by atoms with Crippen molar-refractivity contribution in [3.63, 3.8) is 0 Å². The van der Waals surface area contributed by atoms with E-state index in [0.717, 1.165) is 13.0 Å². The molecular weight excluding hydrogens is 212 g/mol.